The lowest BCUT2D eigenvalue weighted by atomic mass is 10.2. The van der Waals surface area contributed by atoms with Gasteiger partial charge in [-0.25, -0.2) is 0 Å². The second-order valence-corrected chi connectivity index (χ2v) is 3.29. The van der Waals surface area contributed by atoms with Gasteiger partial charge in [-0.15, -0.1) is 16.8 Å². The van der Waals surface area contributed by atoms with E-state index in [-0.39, 0.29) is 5.91 Å². The van der Waals surface area contributed by atoms with Crippen molar-refractivity contribution >= 4 is 16.8 Å². The number of carbonyl (C=O) groups excluding carboxylic acids is 1. The molecule has 4 nitrogen and oxygen atoms in total. The molecule has 0 aliphatic carbocycles. The van der Waals surface area contributed by atoms with Gasteiger partial charge in [0, 0.05) is 11.9 Å². The van der Waals surface area contributed by atoms with E-state index in [0.717, 1.165) is 10.9 Å². The van der Waals surface area contributed by atoms with Gasteiger partial charge >= 0.3 is 0 Å². The fourth-order valence-electron chi connectivity index (χ4n) is 1.35. The van der Waals surface area contributed by atoms with Crippen LogP contribution in [0.15, 0.2) is 43.0 Å². The zero-order valence-corrected chi connectivity index (χ0v) is 8.68. The highest BCUT2D eigenvalue weighted by Crippen LogP contribution is 2.10. The van der Waals surface area contributed by atoms with Gasteiger partial charge in [0.2, 0.25) is 0 Å². The average Bonchev–Trinajstić information content (AvgIpc) is 2.35. The van der Waals surface area contributed by atoms with Crippen molar-refractivity contribution < 1.29 is 4.79 Å². The van der Waals surface area contributed by atoms with E-state index in [1.165, 1.54) is 0 Å². The van der Waals surface area contributed by atoms with E-state index < -0.39 is 0 Å². The molecule has 1 N–H and O–H groups in total. The van der Waals surface area contributed by atoms with Gasteiger partial charge in [0.05, 0.1) is 5.52 Å². The predicted molar refractivity (Wildman–Crippen MR) is 62.1 cm³/mol. The van der Waals surface area contributed by atoms with Crippen LogP contribution in [0.3, 0.4) is 0 Å². The first kappa shape index (κ1) is 10.3. The van der Waals surface area contributed by atoms with Gasteiger partial charge in [0.1, 0.15) is 0 Å². The second-order valence-electron chi connectivity index (χ2n) is 3.29. The molecule has 16 heavy (non-hydrogen) atoms. The summed E-state index contributed by atoms with van der Waals surface area (Å²) >= 11 is 0. The van der Waals surface area contributed by atoms with Crippen LogP contribution in [0.25, 0.3) is 10.9 Å². The van der Waals surface area contributed by atoms with Crippen LogP contribution in [-0.4, -0.2) is 22.6 Å². The lowest BCUT2D eigenvalue weighted by Crippen LogP contribution is -2.24. The van der Waals surface area contributed by atoms with Crippen molar-refractivity contribution in [2.24, 2.45) is 0 Å². The zero-order valence-electron chi connectivity index (χ0n) is 8.68. The van der Waals surface area contributed by atoms with Crippen molar-refractivity contribution in [3.05, 3.63) is 48.7 Å². The Kier molecular flexibility index (Phi) is 2.91. The molecule has 1 aromatic carbocycles. The van der Waals surface area contributed by atoms with Gasteiger partial charge in [-0.2, -0.15) is 0 Å². The molecule has 1 heterocycles. The molecule has 0 fully saturated rings. The molecule has 0 aliphatic rings. The van der Waals surface area contributed by atoms with Gasteiger partial charge in [-0.1, -0.05) is 24.3 Å². The van der Waals surface area contributed by atoms with E-state index in [1.54, 1.807) is 12.1 Å². The van der Waals surface area contributed by atoms with Crippen LogP contribution in [0.2, 0.25) is 0 Å². The molecule has 2 aromatic rings. The molecule has 0 atom stereocenters. The van der Waals surface area contributed by atoms with Gasteiger partial charge in [-0.3, -0.25) is 4.79 Å². The Morgan fingerprint density at radius 2 is 2.19 bits per heavy atom. The maximum Gasteiger partial charge on any atom is 0.272 e. The number of rotatable bonds is 3. The standard InChI is InChI=1S/C12H11N3O/c1-2-7-13-12(16)11-8-9-5-3-4-6-10(9)14-15-11/h2-6,8H,1,7H2,(H,13,16). The van der Waals surface area contributed by atoms with E-state index in [4.69, 9.17) is 0 Å². The van der Waals surface area contributed by atoms with Crippen molar-refractivity contribution in [2.75, 3.05) is 6.54 Å². The summed E-state index contributed by atoms with van der Waals surface area (Å²) in [6.07, 6.45) is 1.62. The maximum absolute atomic E-state index is 11.6. The van der Waals surface area contributed by atoms with Crippen LogP contribution in [0.4, 0.5) is 0 Å². The fraction of sp³-hybridized carbons (Fsp3) is 0.0833. The van der Waals surface area contributed by atoms with Crippen LogP contribution < -0.4 is 5.32 Å². The van der Waals surface area contributed by atoms with Crippen LogP contribution in [0.1, 0.15) is 10.5 Å². The summed E-state index contributed by atoms with van der Waals surface area (Å²) < 4.78 is 0. The number of nitrogens with one attached hydrogen (secondary N) is 1. The summed E-state index contributed by atoms with van der Waals surface area (Å²) in [5.41, 5.74) is 1.10. The molecule has 0 radical (unpaired) electrons. The molecule has 1 amide bonds. The minimum Gasteiger partial charge on any atom is -0.347 e. The summed E-state index contributed by atoms with van der Waals surface area (Å²) in [7, 11) is 0. The summed E-state index contributed by atoms with van der Waals surface area (Å²) in [4.78, 5) is 11.6. The third-order valence-electron chi connectivity index (χ3n) is 2.13. The monoisotopic (exact) mass is 213 g/mol. The molecule has 4 heteroatoms. The lowest BCUT2D eigenvalue weighted by molar-refractivity contribution is 0.0952. The van der Waals surface area contributed by atoms with Gasteiger partial charge < -0.3 is 5.32 Å². The van der Waals surface area contributed by atoms with Crippen molar-refractivity contribution in [2.45, 2.75) is 0 Å². The highest BCUT2D eigenvalue weighted by Gasteiger charge is 2.07. The van der Waals surface area contributed by atoms with E-state index in [2.05, 4.69) is 22.1 Å². The highest BCUT2D eigenvalue weighted by molar-refractivity contribution is 5.95. The molecular weight excluding hydrogens is 202 g/mol. The summed E-state index contributed by atoms with van der Waals surface area (Å²) in [6.45, 7) is 3.95. The molecule has 0 saturated heterocycles. The third kappa shape index (κ3) is 2.06. The Morgan fingerprint density at radius 3 is 3.00 bits per heavy atom. The number of amides is 1. The minimum absolute atomic E-state index is 0.238. The molecule has 2 rings (SSSR count). The molecule has 0 bridgehead atoms. The number of carbonyl (C=O) groups is 1. The smallest absolute Gasteiger partial charge is 0.272 e. The van der Waals surface area contributed by atoms with E-state index in [9.17, 15) is 4.79 Å². The van der Waals surface area contributed by atoms with Crippen molar-refractivity contribution in [3.8, 4) is 0 Å². The molecule has 80 valence electrons. The highest BCUT2D eigenvalue weighted by atomic mass is 16.1. The second kappa shape index (κ2) is 4.53. The number of benzene rings is 1. The topological polar surface area (TPSA) is 54.9 Å². The summed E-state index contributed by atoms with van der Waals surface area (Å²) in [6, 6.07) is 9.26. The SMILES string of the molecule is C=CCNC(=O)c1cc2ccccc2nn1. The Bertz CT molecular complexity index is 537. The molecule has 0 spiro atoms. The van der Waals surface area contributed by atoms with Gasteiger partial charge in [-0.05, 0) is 12.1 Å². The number of hydrogen-bond donors (Lipinski definition) is 1. The first-order chi connectivity index (χ1) is 7.81. The Balaban J connectivity index is 2.32. The van der Waals surface area contributed by atoms with Crippen LogP contribution >= 0.6 is 0 Å². The average molecular weight is 213 g/mol. The minimum atomic E-state index is -0.238. The maximum atomic E-state index is 11.6. The van der Waals surface area contributed by atoms with Gasteiger partial charge in [0.25, 0.3) is 5.91 Å². The normalized spacial score (nSPS) is 10.0. The first-order valence-electron chi connectivity index (χ1n) is 4.93. The lowest BCUT2D eigenvalue weighted by Gasteiger charge is -2.01. The Morgan fingerprint density at radius 1 is 1.38 bits per heavy atom. The molecular formula is C12H11N3O. The Hall–Kier alpha value is -2.23. The van der Waals surface area contributed by atoms with E-state index in [0.29, 0.717) is 12.2 Å². The number of fused-ring (bicyclic) bond motifs is 1. The van der Waals surface area contributed by atoms with E-state index in [1.807, 2.05) is 24.3 Å². The fourth-order valence-corrected chi connectivity index (χ4v) is 1.35. The van der Waals surface area contributed by atoms with Crippen LogP contribution in [0.5, 0.6) is 0 Å². The molecule has 0 aliphatic heterocycles. The summed E-state index contributed by atoms with van der Waals surface area (Å²) in [5, 5.41) is 11.4. The Labute approximate surface area is 93.0 Å². The van der Waals surface area contributed by atoms with Crippen molar-refractivity contribution in [1.82, 2.24) is 15.5 Å². The number of hydrogen-bond acceptors (Lipinski definition) is 3. The number of aromatic nitrogens is 2. The van der Waals surface area contributed by atoms with Crippen molar-refractivity contribution in [1.29, 1.82) is 0 Å². The van der Waals surface area contributed by atoms with Crippen LogP contribution in [-0.2, 0) is 0 Å². The van der Waals surface area contributed by atoms with E-state index >= 15 is 0 Å². The molecule has 1 aromatic heterocycles. The molecule has 0 saturated carbocycles. The molecule has 0 unspecified atom stereocenters. The first-order valence-corrected chi connectivity index (χ1v) is 4.93. The third-order valence-corrected chi connectivity index (χ3v) is 2.13. The van der Waals surface area contributed by atoms with Gasteiger partial charge in [0.15, 0.2) is 5.69 Å². The summed E-state index contributed by atoms with van der Waals surface area (Å²) in [5.74, 6) is -0.238. The quantitative estimate of drug-likeness (QED) is 0.787. The largest absolute Gasteiger partial charge is 0.347 e. The number of nitrogens with zero attached hydrogens (tertiary/aromatic N) is 2. The van der Waals surface area contributed by atoms with Crippen LogP contribution in [0, 0.1) is 0 Å². The predicted octanol–water partition coefficient (Wildman–Crippen LogP) is 1.55. The van der Waals surface area contributed by atoms with Crippen molar-refractivity contribution in [3.63, 3.8) is 0 Å². The zero-order chi connectivity index (χ0) is 11.4.